The van der Waals surface area contributed by atoms with Crippen LogP contribution in [0.2, 0.25) is 0 Å². The van der Waals surface area contributed by atoms with Gasteiger partial charge in [-0.15, -0.1) is 0 Å². The highest BCUT2D eigenvalue weighted by Gasteiger charge is 2.29. The van der Waals surface area contributed by atoms with Crippen LogP contribution < -0.4 is 0 Å². The van der Waals surface area contributed by atoms with Gasteiger partial charge in [0.05, 0.1) is 0 Å². The molecule has 0 radical (unpaired) electrons. The third-order valence-electron chi connectivity index (χ3n) is 9.09. The van der Waals surface area contributed by atoms with Crippen LogP contribution in [0, 0.1) is 0 Å². The van der Waals surface area contributed by atoms with Crippen LogP contribution in [0.25, 0.3) is 53.9 Å². The first kappa shape index (κ1) is 27.1. The van der Waals surface area contributed by atoms with Crippen molar-refractivity contribution in [2.75, 3.05) is 0 Å². The van der Waals surface area contributed by atoms with Gasteiger partial charge in [0.2, 0.25) is 0 Å². The second-order valence-electron chi connectivity index (χ2n) is 16.3. The molecule has 0 amide bonds. The predicted molar refractivity (Wildman–Crippen MR) is 180 cm³/mol. The summed E-state index contributed by atoms with van der Waals surface area (Å²) in [5.41, 5.74) is 5.88. The van der Waals surface area contributed by atoms with E-state index >= 15 is 0 Å². The van der Waals surface area contributed by atoms with E-state index in [1.807, 2.05) is 0 Å². The van der Waals surface area contributed by atoms with Crippen molar-refractivity contribution in [2.24, 2.45) is 0 Å². The SMILES string of the molecule is CC(C)(C)c1ccc2c(C(C)(C)C)c3ccc(C(C)(C)C)c4c5ccc(C(C)(C)C)c6cccc(c65)c(c2c1)c34. The summed E-state index contributed by atoms with van der Waals surface area (Å²) in [6.45, 7) is 28.3. The molecule has 0 saturated heterocycles. The Kier molecular flexibility index (Phi) is 5.56. The fourth-order valence-corrected chi connectivity index (χ4v) is 7.26. The zero-order chi connectivity index (χ0) is 29.2. The van der Waals surface area contributed by atoms with Gasteiger partial charge in [-0.25, -0.2) is 0 Å². The lowest BCUT2D eigenvalue weighted by molar-refractivity contribution is 0.590. The number of rotatable bonds is 0. The Balaban J connectivity index is 2.05. The van der Waals surface area contributed by atoms with E-state index in [0.29, 0.717) is 0 Å². The first-order valence-corrected chi connectivity index (χ1v) is 15.1. The molecule has 0 unspecified atom stereocenters. The Hall–Kier alpha value is -3.12. The molecule has 0 bridgehead atoms. The van der Waals surface area contributed by atoms with E-state index in [2.05, 4.69) is 144 Å². The highest BCUT2D eigenvalue weighted by atomic mass is 14.3. The molecule has 0 saturated carbocycles. The average Bonchev–Trinajstić information content (AvgIpc) is 2.82. The molecular formula is C40H46. The predicted octanol–water partition coefficient (Wildman–Crippen LogP) is 12.1. The molecule has 0 aliphatic carbocycles. The lowest BCUT2D eigenvalue weighted by Gasteiger charge is -2.31. The number of hydrogen-bond donors (Lipinski definition) is 0. The van der Waals surface area contributed by atoms with E-state index in [-0.39, 0.29) is 21.7 Å². The van der Waals surface area contributed by atoms with Gasteiger partial charge < -0.3 is 0 Å². The quantitative estimate of drug-likeness (QED) is 0.136. The first-order valence-electron chi connectivity index (χ1n) is 15.1. The number of benzene rings is 6. The van der Waals surface area contributed by atoms with E-state index in [1.54, 1.807) is 0 Å². The Morgan fingerprint density at radius 3 is 1.50 bits per heavy atom. The van der Waals surface area contributed by atoms with Crippen molar-refractivity contribution in [1.82, 2.24) is 0 Å². The molecule has 0 atom stereocenters. The zero-order valence-electron chi connectivity index (χ0n) is 26.8. The van der Waals surface area contributed by atoms with Crippen LogP contribution in [0.15, 0.2) is 60.7 Å². The van der Waals surface area contributed by atoms with Gasteiger partial charge in [-0.1, -0.05) is 138 Å². The zero-order valence-corrected chi connectivity index (χ0v) is 26.8. The third kappa shape index (κ3) is 3.86. The van der Waals surface area contributed by atoms with Crippen LogP contribution in [-0.2, 0) is 21.7 Å². The molecule has 0 aliphatic heterocycles. The van der Waals surface area contributed by atoms with Crippen LogP contribution in [-0.4, -0.2) is 0 Å². The molecule has 0 heterocycles. The lowest BCUT2D eigenvalue weighted by atomic mass is 9.72. The highest BCUT2D eigenvalue weighted by Crippen LogP contribution is 2.51. The summed E-state index contributed by atoms with van der Waals surface area (Å²) >= 11 is 0. The van der Waals surface area contributed by atoms with Crippen LogP contribution in [0.1, 0.15) is 105 Å². The molecule has 0 aliphatic rings. The van der Waals surface area contributed by atoms with E-state index in [1.165, 1.54) is 76.1 Å². The Labute approximate surface area is 241 Å². The molecule has 6 rings (SSSR count). The van der Waals surface area contributed by atoms with Crippen LogP contribution in [0.3, 0.4) is 0 Å². The van der Waals surface area contributed by atoms with Gasteiger partial charge in [-0.05, 0) is 104 Å². The Bertz CT molecular complexity index is 1950. The minimum atomic E-state index is 0.00290. The van der Waals surface area contributed by atoms with Crippen molar-refractivity contribution in [3.8, 4) is 0 Å². The summed E-state index contributed by atoms with van der Waals surface area (Å²) in [4.78, 5) is 0. The van der Waals surface area contributed by atoms with Crippen molar-refractivity contribution in [3.63, 3.8) is 0 Å². The summed E-state index contributed by atoms with van der Waals surface area (Å²) in [5, 5.41) is 14.1. The van der Waals surface area contributed by atoms with E-state index in [9.17, 15) is 0 Å². The number of hydrogen-bond acceptors (Lipinski definition) is 0. The monoisotopic (exact) mass is 526 g/mol. The van der Waals surface area contributed by atoms with Crippen molar-refractivity contribution in [2.45, 2.75) is 105 Å². The highest BCUT2D eigenvalue weighted by molar-refractivity contribution is 6.39. The van der Waals surface area contributed by atoms with E-state index < -0.39 is 0 Å². The average molecular weight is 527 g/mol. The minimum Gasteiger partial charge on any atom is -0.0610 e. The fraction of sp³-hybridized carbons (Fsp3) is 0.400. The van der Waals surface area contributed by atoms with Gasteiger partial charge in [0.15, 0.2) is 0 Å². The maximum Gasteiger partial charge on any atom is -0.00137 e. The van der Waals surface area contributed by atoms with Gasteiger partial charge in [0.1, 0.15) is 0 Å². The van der Waals surface area contributed by atoms with E-state index in [4.69, 9.17) is 0 Å². The minimum absolute atomic E-state index is 0.00290. The van der Waals surface area contributed by atoms with Gasteiger partial charge in [0.25, 0.3) is 0 Å². The molecule has 206 valence electrons. The standard InChI is InChI=1S/C40H46/c1-37(2,3)23-16-17-24-29(22-23)33-26-15-13-14-25-30(38(4,5)6)20-18-27(32(25)26)34-31(39(7,8)9)21-19-28(35(33)34)36(24)40(10,11)12/h13-22H,1-12H3. The molecule has 0 heteroatoms. The third-order valence-corrected chi connectivity index (χ3v) is 9.09. The maximum absolute atomic E-state index is 2.52. The summed E-state index contributed by atoms with van der Waals surface area (Å²) < 4.78 is 0. The topological polar surface area (TPSA) is 0 Å². The molecule has 0 nitrogen and oxygen atoms in total. The van der Waals surface area contributed by atoms with Crippen LogP contribution in [0.4, 0.5) is 0 Å². The van der Waals surface area contributed by atoms with Crippen molar-refractivity contribution >= 4 is 53.9 Å². The largest absolute Gasteiger partial charge is 0.0610 e. The summed E-state index contributed by atoms with van der Waals surface area (Å²) in [6.07, 6.45) is 0. The van der Waals surface area contributed by atoms with Gasteiger partial charge in [0, 0.05) is 0 Å². The summed E-state index contributed by atoms with van der Waals surface area (Å²) in [6, 6.07) is 24.1. The maximum atomic E-state index is 2.52. The van der Waals surface area contributed by atoms with E-state index in [0.717, 1.165) is 0 Å². The Morgan fingerprint density at radius 1 is 0.350 bits per heavy atom. The van der Waals surface area contributed by atoms with Crippen LogP contribution >= 0.6 is 0 Å². The second kappa shape index (κ2) is 8.22. The lowest BCUT2D eigenvalue weighted by Crippen LogP contribution is -2.16. The molecule has 0 aromatic heterocycles. The van der Waals surface area contributed by atoms with Crippen LogP contribution in [0.5, 0.6) is 0 Å². The number of fused-ring (bicyclic) bond motifs is 4. The van der Waals surface area contributed by atoms with Crippen molar-refractivity contribution < 1.29 is 0 Å². The Morgan fingerprint density at radius 2 is 0.900 bits per heavy atom. The van der Waals surface area contributed by atoms with Gasteiger partial charge >= 0.3 is 0 Å². The molecule has 40 heavy (non-hydrogen) atoms. The van der Waals surface area contributed by atoms with Crippen molar-refractivity contribution in [1.29, 1.82) is 0 Å². The summed E-state index contributed by atoms with van der Waals surface area (Å²) in [7, 11) is 0. The smallest absolute Gasteiger partial charge is 0.00137 e. The molecular weight excluding hydrogens is 480 g/mol. The van der Waals surface area contributed by atoms with Crippen molar-refractivity contribution in [3.05, 3.63) is 82.9 Å². The molecule has 0 N–H and O–H groups in total. The van der Waals surface area contributed by atoms with Gasteiger partial charge in [-0.3, -0.25) is 0 Å². The second-order valence-corrected chi connectivity index (χ2v) is 16.3. The molecule has 0 spiro atoms. The first-order chi connectivity index (χ1) is 18.4. The summed E-state index contributed by atoms with van der Waals surface area (Å²) in [5.74, 6) is 0. The molecule has 0 fully saturated rings. The molecule has 6 aromatic rings. The fourth-order valence-electron chi connectivity index (χ4n) is 7.26. The molecule has 6 aromatic carbocycles. The van der Waals surface area contributed by atoms with Gasteiger partial charge in [-0.2, -0.15) is 0 Å². The normalized spacial score (nSPS) is 14.0.